The van der Waals surface area contributed by atoms with E-state index in [1.54, 1.807) is 0 Å². The van der Waals surface area contributed by atoms with Gasteiger partial charge in [-0.1, -0.05) is 24.3 Å². The number of hydrogen-bond donors (Lipinski definition) is 0. The first-order valence-electron chi connectivity index (χ1n) is 6.47. The lowest BCUT2D eigenvalue weighted by Gasteiger charge is -2.03. The van der Waals surface area contributed by atoms with E-state index in [1.807, 2.05) is 17.5 Å². The molecule has 0 bridgehead atoms. The number of hydrogen-bond acceptors (Lipinski definition) is 2. The van der Waals surface area contributed by atoms with Crippen LogP contribution >= 0.6 is 11.3 Å². The summed E-state index contributed by atoms with van der Waals surface area (Å²) in [6.45, 7) is 2.19. The molecule has 0 saturated heterocycles. The highest BCUT2D eigenvalue weighted by Crippen LogP contribution is 2.21. The molecule has 0 amide bonds. The molecule has 92 valence electrons. The highest BCUT2D eigenvalue weighted by molar-refractivity contribution is 7.17. The molecule has 1 aliphatic carbocycles. The van der Waals surface area contributed by atoms with Gasteiger partial charge in [-0.25, -0.2) is 0 Å². The van der Waals surface area contributed by atoms with Crippen molar-refractivity contribution in [2.45, 2.75) is 13.3 Å². The van der Waals surface area contributed by atoms with Gasteiger partial charge in [-0.15, -0.1) is 11.3 Å². The molecule has 0 atom stereocenters. The second-order valence-electron chi connectivity index (χ2n) is 4.93. The Morgan fingerprint density at radius 2 is 2.11 bits per heavy atom. The molecule has 1 aromatic heterocycles. The van der Waals surface area contributed by atoms with E-state index in [0.29, 0.717) is 0 Å². The van der Waals surface area contributed by atoms with E-state index >= 15 is 0 Å². The molecule has 0 radical (unpaired) electrons. The first kappa shape index (κ1) is 10.9. The molecular formula is C17H13NS. The Morgan fingerprint density at radius 1 is 1.21 bits per heavy atom. The van der Waals surface area contributed by atoms with Crippen LogP contribution in [0.4, 0.5) is 0 Å². The van der Waals surface area contributed by atoms with E-state index in [2.05, 4.69) is 49.4 Å². The van der Waals surface area contributed by atoms with Crippen LogP contribution in [0.15, 0.2) is 52.6 Å². The molecule has 0 saturated carbocycles. The van der Waals surface area contributed by atoms with Crippen LogP contribution in [0.2, 0.25) is 0 Å². The van der Waals surface area contributed by atoms with Crippen molar-refractivity contribution in [3.63, 3.8) is 0 Å². The molecule has 0 spiro atoms. The lowest BCUT2D eigenvalue weighted by molar-refractivity contribution is 1.31. The summed E-state index contributed by atoms with van der Waals surface area (Å²) in [6, 6.07) is 8.56. The van der Waals surface area contributed by atoms with Crippen molar-refractivity contribution in [2.24, 2.45) is 4.99 Å². The number of rotatable bonds is 0. The van der Waals surface area contributed by atoms with Gasteiger partial charge in [-0.2, -0.15) is 0 Å². The molecule has 2 heteroatoms. The molecule has 2 heterocycles. The molecule has 1 aliphatic heterocycles. The molecule has 2 aliphatic rings. The standard InChI is InChI=1S/C17H13NS/c1-11-9-17-14(10-18-15-7-4-6-12(11)15)13-5-2-3-8-16(13)19-17/h2-5,7-10H,6H2,1H3. The minimum Gasteiger partial charge on any atom is -0.256 e. The Labute approximate surface area is 115 Å². The fourth-order valence-corrected chi connectivity index (χ4v) is 3.90. The van der Waals surface area contributed by atoms with Crippen LogP contribution in [0, 0.1) is 0 Å². The maximum absolute atomic E-state index is 4.69. The molecule has 0 fully saturated rings. The largest absolute Gasteiger partial charge is 0.256 e. The van der Waals surface area contributed by atoms with E-state index in [-0.39, 0.29) is 0 Å². The van der Waals surface area contributed by atoms with Gasteiger partial charge in [0, 0.05) is 26.0 Å². The predicted octanol–water partition coefficient (Wildman–Crippen LogP) is 3.15. The topological polar surface area (TPSA) is 12.4 Å². The lowest BCUT2D eigenvalue weighted by Crippen LogP contribution is -2.20. The fraction of sp³-hybridized carbons (Fsp3) is 0.118. The summed E-state index contributed by atoms with van der Waals surface area (Å²) in [5.41, 5.74) is 3.82. The minimum atomic E-state index is 1.01. The molecule has 0 N–H and O–H groups in total. The SMILES string of the molecule is CC1=C2CC=CC2=NC=c2c(sc3ccccc23)=C1. The average molecular weight is 263 g/mol. The molecule has 2 aromatic rings. The van der Waals surface area contributed by atoms with Crippen molar-refractivity contribution in [3.05, 3.63) is 57.3 Å². The van der Waals surface area contributed by atoms with Crippen molar-refractivity contribution in [1.29, 1.82) is 0 Å². The van der Waals surface area contributed by atoms with Crippen LogP contribution in [-0.2, 0) is 0 Å². The number of allylic oxidation sites excluding steroid dienone is 4. The summed E-state index contributed by atoms with van der Waals surface area (Å²) in [5.74, 6) is 0. The van der Waals surface area contributed by atoms with Gasteiger partial charge in [-0.05, 0) is 42.7 Å². The van der Waals surface area contributed by atoms with E-state index in [1.165, 1.54) is 31.0 Å². The zero-order chi connectivity index (χ0) is 12.8. The highest BCUT2D eigenvalue weighted by Gasteiger charge is 2.12. The molecule has 19 heavy (non-hydrogen) atoms. The van der Waals surface area contributed by atoms with E-state index in [0.717, 1.165) is 12.1 Å². The maximum atomic E-state index is 4.69. The van der Waals surface area contributed by atoms with Gasteiger partial charge in [0.15, 0.2) is 0 Å². The Morgan fingerprint density at radius 3 is 3.05 bits per heavy atom. The number of fused-ring (bicyclic) bond motifs is 4. The first-order chi connectivity index (χ1) is 9.33. The van der Waals surface area contributed by atoms with Crippen LogP contribution < -0.4 is 9.75 Å². The second kappa shape index (κ2) is 4.04. The summed E-state index contributed by atoms with van der Waals surface area (Å²) >= 11 is 1.85. The van der Waals surface area contributed by atoms with Crippen LogP contribution in [0.25, 0.3) is 22.4 Å². The van der Waals surface area contributed by atoms with Gasteiger partial charge in [0.1, 0.15) is 0 Å². The van der Waals surface area contributed by atoms with E-state index in [9.17, 15) is 0 Å². The zero-order valence-corrected chi connectivity index (χ0v) is 11.5. The van der Waals surface area contributed by atoms with Crippen molar-refractivity contribution in [2.75, 3.05) is 0 Å². The minimum absolute atomic E-state index is 1.01. The summed E-state index contributed by atoms with van der Waals surface area (Å²) < 4.78 is 2.65. The van der Waals surface area contributed by atoms with Crippen molar-refractivity contribution < 1.29 is 0 Å². The zero-order valence-electron chi connectivity index (χ0n) is 10.7. The monoisotopic (exact) mass is 263 g/mol. The lowest BCUT2D eigenvalue weighted by atomic mass is 10.0. The fourth-order valence-electron chi connectivity index (χ4n) is 2.72. The number of benzene rings is 1. The maximum Gasteiger partial charge on any atom is 0.0664 e. The van der Waals surface area contributed by atoms with Crippen LogP contribution in [0.1, 0.15) is 13.3 Å². The number of nitrogens with zero attached hydrogens (tertiary/aromatic N) is 1. The van der Waals surface area contributed by atoms with E-state index in [4.69, 9.17) is 4.99 Å². The smallest absolute Gasteiger partial charge is 0.0664 e. The third kappa shape index (κ3) is 1.64. The molecule has 0 unspecified atom stereocenters. The second-order valence-corrected chi connectivity index (χ2v) is 6.02. The Hall–Kier alpha value is -1.93. The normalized spacial score (nSPS) is 17.2. The Bertz CT molecular complexity index is 891. The van der Waals surface area contributed by atoms with E-state index < -0.39 is 0 Å². The Balaban J connectivity index is 2.16. The summed E-state index contributed by atoms with van der Waals surface area (Å²) in [5, 5.41) is 2.56. The predicted molar refractivity (Wildman–Crippen MR) is 83.9 cm³/mol. The summed E-state index contributed by atoms with van der Waals surface area (Å²) in [4.78, 5) is 4.69. The number of aliphatic imine (C=N–C) groups is 1. The van der Waals surface area contributed by atoms with Crippen LogP contribution in [-0.4, -0.2) is 5.71 Å². The molecule has 4 rings (SSSR count). The van der Waals surface area contributed by atoms with Crippen LogP contribution in [0.3, 0.4) is 0 Å². The molecule has 1 nitrogen and oxygen atoms in total. The molecule has 1 aromatic carbocycles. The van der Waals surface area contributed by atoms with Gasteiger partial charge in [0.05, 0.1) is 5.71 Å². The summed E-state index contributed by atoms with van der Waals surface area (Å²) in [7, 11) is 0. The average Bonchev–Trinajstić information content (AvgIpc) is 2.98. The van der Waals surface area contributed by atoms with Gasteiger partial charge in [0.25, 0.3) is 0 Å². The number of thiophene rings is 1. The van der Waals surface area contributed by atoms with Gasteiger partial charge < -0.3 is 0 Å². The highest BCUT2D eigenvalue weighted by atomic mass is 32.1. The first-order valence-corrected chi connectivity index (χ1v) is 7.28. The third-order valence-electron chi connectivity index (χ3n) is 3.73. The third-order valence-corrected chi connectivity index (χ3v) is 4.86. The Kier molecular flexibility index (Phi) is 2.32. The van der Waals surface area contributed by atoms with Gasteiger partial charge in [0.2, 0.25) is 0 Å². The van der Waals surface area contributed by atoms with Gasteiger partial charge >= 0.3 is 0 Å². The van der Waals surface area contributed by atoms with Crippen molar-refractivity contribution in [3.8, 4) is 0 Å². The van der Waals surface area contributed by atoms with Crippen molar-refractivity contribution >= 4 is 39.4 Å². The molecular weight excluding hydrogens is 250 g/mol. The summed E-state index contributed by atoms with van der Waals surface area (Å²) in [6.07, 6.45) is 9.67. The van der Waals surface area contributed by atoms with Crippen molar-refractivity contribution in [1.82, 2.24) is 0 Å². The van der Waals surface area contributed by atoms with Gasteiger partial charge in [-0.3, -0.25) is 4.99 Å². The quantitative estimate of drug-likeness (QED) is 0.692. The van der Waals surface area contributed by atoms with Crippen LogP contribution in [0.5, 0.6) is 0 Å².